The largest absolute Gasteiger partial charge is 0.381 e. The molecule has 0 atom stereocenters. The van der Waals surface area contributed by atoms with Crippen LogP contribution in [0.5, 0.6) is 0 Å². The lowest BCUT2D eigenvalue weighted by Gasteiger charge is -2.07. The Morgan fingerprint density at radius 3 is 2.69 bits per heavy atom. The predicted molar refractivity (Wildman–Crippen MR) is 68.0 cm³/mol. The monoisotopic (exact) mass is 252 g/mol. The summed E-state index contributed by atoms with van der Waals surface area (Å²) < 4.78 is 0. The van der Waals surface area contributed by atoms with Gasteiger partial charge in [-0.25, -0.2) is 0 Å². The zero-order chi connectivity index (χ0) is 11.4. The van der Waals surface area contributed by atoms with Crippen molar-refractivity contribution in [3.63, 3.8) is 0 Å². The highest BCUT2D eigenvalue weighted by molar-refractivity contribution is 6.42. The van der Waals surface area contributed by atoms with Gasteiger partial charge >= 0.3 is 0 Å². The van der Waals surface area contributed by atoms with Gasteiger partial charge < -0.3 is 5.32 Å². The van der Waals surface area contributed by atoms with Crippen LogP contribution in [0.25, 0.3) is 0 Å². The maximum atomic E-state index is 5.91. The van der Waals surface area contributed by atoms with E-state index < -0.39 is 0 Å². The molecule has 0 aliphatic rings. The minimum absolute atomic E-state index is 0.554. The van der Waals surface area contributed by atoms with Crippen LogP contribution in [-0.4, -0.2) is 4.98 Å². The lowest BCUT2D eigenvalue weighted by molar-refractivity contribution is 1.11. The van der Waals surface area contributed by atoms with Crippen molar-refractivity contribution in [1.29, 1.82) is 0 Å². The molecule has 4 heteroatoms. The molecule has 0 saturated carbocycles. The predicted octanol–water partition coefficient (Wildman–Crippen LogP) is 4.00. The second kappa shape index (κ2) is 5.19. The van der Waals surface area contributed by atoms with Crippen LogP contribution in [0.4, 0.5) is 5.69 Å². The van der Waals surface area contributed by atoms with Crippen LogP contribution in [0.3, 0.4) is 0 Å². The third kappa shape index (κ3) is 2.87. The fourth-order valence-electron chi connectivity index (χ4n) is 1.31. The molecule has 2 rings (SSSR count). The highest BCUT2D eigenvalue weighted by atomic mass is 35.5. The van der Waals surface area contributed by atoms with Gasteiger partial charge in [0.05, 0.1) is 10.0 Å². The van der Waals surface area contributed by atoms with Crippen LogP contribution >= 0.6 is 23.2 Å². The van der Waals surface area contributed by atoms with Crippen molar-refractivity contribution in [2.75, 3.05) is 5.32 Å². The number of hydrogen-bond acceptors (Lipinski definition) is 2. The van der Waals surface area contributed by atoms with Crippen LogP contribution in [-0.2, 0) is 6.54 Å². The second-order valence-corrected chi connectivity index (χ2v) is 4.16. The maximum Gasteiger partial charge on any atom is 0.0612 e. The van der Waals surface area contributed by atoms with Crippen molar-refractivity contribution in [3.05, 3.63) is 58.3 Å². The van der Waals surface area contributed by atoms with Crippen LogP contribution in [0.1, 0.15) is 5.56 Å². The Morgan fingerprint density at radius 1 is 1.12 bits per heavy atom. The van der Waals surface area contributed by atoms with Gasteiger partial charge in [0.1, 0.15) is 0 Å². The Morgan fingerprint density at radius 2 is 2.00 bits per heavy atom. The van der Waals surface area contributed by atoms with Gasteiger partial charge in [0.15, 0.2) is 0 Å². The minimum atomic E-state index is 0.554. The fraction of sp³-hybridized carbons (Fsp3) is 0.0833. The fourth-order valence-corrected chi connectivity index (χ4v) is 1.61. The van der Waals surface area contributed by atoms with Gasteiger partial charge in [-0.3, -0.25) is 4.98 Å². The lowest BCUT2D eigenvalue weighted by atomic mass is 10.2. The van der Waals surface area contributed by atoms with Gasteiger partial charge in [-0.05, 0) is 29.8 Å². The molecule has 0 spiro atoms. The molecule has 1 N–H and O–H groups in total. The minimum Gasteiger partial charge on any atom is -0.381 e. The molecule has 1 aromatic heterocycles. The van der Waals surface area contributed by atoms with Crippen LogP contribution in [0.15, 0.2) is 42.7 Å². The van der Waals surface area contributed by atoms with Crippen LogP contribution < -0.4 is 5.32 Å². The van der Waals surface area contributed by atoms with E-state index in [0.29, 0.717) is 16.6 Å². The quantitative estimate of drug-likeness (QED) is 0.894. The third-order valence-corrected chi connectivity index (χ3v) is 2.88. The van der Waals surface area contributed by atoms with Crippen molar-refractivity contribution < 1.29 is 0 Å². The van der Waals surface area contributed by atoms with Crippen molar-refractivity contribution in [1.82, 2.24) is 4.98 Å². The van der Waals surface area contributed by atoms with E-state index in [9.17, 15) is 0 Å². The molecule has 0 radical (unpaired) electrons. The van der Waals surface area contributed by atoms with E-state index in [0.717, 1.165) is 11.3 Å². The summed E-state index contributed by atoms with van der Waals surface area (Å²) in [5.74, 6) is 0. The molecule has 0 saturated heterocycles. The standard InChI is InChI=1S/C12H10Cl2N2/c13-11-4-3-10(6-12(11)14)16-8-9-2-1-5-15-7-9/h1-7,16H,8H2. The highest BCUT2D eigenvalue weighted by Crippen LogP contribution is 2.25. The van der Waals surface area contributed by atoms with E-state index in [4.69, 9.17) is 23.2 Å². The normalized spacial score (nSPS) is 10.1. The van der Waals surface area contributed by atoms with E-state index in [-0.39, 0.29) is 0 Å². The van der Waals surface area contributed by atoms with Crippen LogP contribution in [0, 0.1) is 0 Å². The smallest absolute Gasteiger partial charge is 0.0612 e. The van der Waals surface area contributed by atoms with Gasteiger partial charge in [-0.15, -0.1) is 0 Å². The number of pyridine rings is 1. The summed E-state index contributed by atoms with van der Waals surface area (Å²) in [7, 11) is 0. The maximum absolute atomic E-state index is 5.91. The van der Waals surface area contributed by atoms with Crippen molar-refractivity contribution in [2.45, 2.75) is 6.54 Å². The van der Waals surface area contributed by atoms with E-state index in [1.165, 1.54) is 0 Å². The lowest BCUT2D eigenvalue weighted by Crippen LogP contribution is -1.99. The molecule has 2 nitrogen and oxygen atoms in total. The Bertz CT molecular complexity index is 472. The van der Waals surface area contributed by atoms with Gasteiger partial charge in [0.25, 0.3) is 0 Å². The molecule has 0 unspecified atom stereocenters. The molecular weight excluding hydrogens is 243 g/mol. The first-order chi connectivity index (χ1) is 7.75. The summed E-state index contributed by atoms with van der Waals surface area (Å²) >= 11 is 11.7. The molecule has 0 bridgehead atoms. The van der Waals surface area contributed by atoms with E-state index in [2.05, 4.69) is 10.3 Å². The molecule has 0 fully saturated rings. The third-order valence-electron chi connectivity index (χ3n) is 2.14. The van der Waals surface area contributed by atoms with E-state index in [1.54, 1.807) is 18.3 Å². The first-order valence-electron chi connectivity index (χ1n) is 4.83. The Kier molecular flexibility index (Phi) is 3.65. The van der Waals surface area contributed by atoms with E-state index in [1.807, 2.05) is 24.4 Å². The SMILES string of the molecule is Clc1ccc(NCc2cccnc2)cc1Cl. The summed E-state index contributed by atoms with van der Waals surface area (Å²) in [6, 6.07) is 9.39. The number of halogens is 2. The summed E-state index contributed by atoms with van der Waals surface area (Å²) in [5.41, 5.74) is 2.06. The zero-order valence-corrected chi connectivity index (χ0v) is 9.96. The van der Waals surface area contributed by atoms with Gasteiger partial charge in [-0.2, -0.15) is 0 Å². The number of hydrogen-bond donors (Lipinski definition) is 1. The van der Waals surface area contributed by atoms with Gasteiger partial charge in [-0.1, -0.05) is 29.3 Å². The van der Waals surface area contributed by atoms with Gasteiger partial charge in [0.2, 0.25) is 0 Å². The van der Waals surface area contributed by atoms with Gasteiger partial charge in [0, 0.05) is 24.6 Å². The van der Waals surface area contributed by atoms with Crippen molar-refractivity contribution in [2.24, 2.45) is 0 Å². The molecule has 1 heterocycles. The molecule has 82 valence electrons. The molecule has 16 heavy (non-hydrogen) atoms. The second-order valence-electron chi connectivity index (χ2n) is 3.34. The van der Waals surface area contributed by atoms with E-state index >= 15 is 0 Å². The number of nitrogens with zero attached hydrogens (tertiary/aromatic N) is 1. The molecule has 0 aliphatic heterocycles. The molecule has 0 amide bonds. The first-order valence-corrected chi connectivity index (χ1v) is 5.59. The zero-order valence-electron chi connectivity index (χ0n) is 8.45. The number of rotatable bonds is 3. The summed E-state index contributed by atoms with van der Waals surface area (Å²) in [4.78, 5) is 4.04. The van der Waals surface area contributed by atoms with Crippen molar-refractivity contribution >= 4 is 28.9 Å². The van der Waals surface area contributed by atoms with Crippen LogP contribution in [0.2, 0.25) is 10.0 Å². The highest BCUT2D eigenvalue weighted by Gasteiger charge is 1.99. The topological polar surface area (TPSA) is 24.9 Å². The average molecular weight is 253 g/mol. The molecular formula is C12H10Cl2N2. The Balaban J connectivity index is 2.03. The molecule has 0 aliphatic carbocycles. The Labute approximate surface area is 104 Å². The first kappa shape index (κ1) is 11.2. The summed E-state index contributed by atoms with van der Waals surface area (Å²) in [6.45, 7) is 0.714. The number of aromatic nitrogens is 1. The summed E-state index contributed by atoms with van der Waals surface area (Å²) in [5, 5.41) is 4.36. The average Bonchev–Trinajstić information content (AvgIpc) is 2.32. The molecule has 1 aromatic carbocycles. The van der Waals surface area contributed by atoms with Crippen molar-refractivity contribution in [3.8, 4) is 0 Å². The summed E-state index contributed by atoms with van der Waals surface area (Å²) in [6.07, 6.45) is 3.58. The molecule has 2 aromatic rings. The Hall–Kier alpha value is -1.25. The number of anilines is 1. The number of nitrogens with one attached hydrogen (secondary N) is 1. The number of benzene rings is 1.